The van der Waals surface area contributed by atoms with Gasteiger partial charge in [0, 0.05) is 17.3 Å². The first-order valence-electron chi connectivity index (χ1n) is 7.13. The highest BCUT2D eigenvalue weighted by atomic mass is 16.4. The number of aliphatic carboxylic acids is 1. The molecule has 21 heavy (non-hydrogen) atoms. The van der Waals surface area contributed by atoms with E-state index in [4.69, 9.17) is 5.11 Å². The molecule has 0 fully saturated rings. The van der Waals surface area contributed by atoms with Crippen molar-refractivity contribution < 1.29 is 14.7 Å². The van der Waals surface area contributed by atoms with Gasteiger partial charge in [-0.25, -0.2) is 4.79 Å². The van der Waals surface area contributed by atoms with Crippen LogP contribution < -0.4 is 10.9 Å². The van der Waals surface area contributed by atoms with Gasteiger partial charge in [0.05, 0.1) is 0 Å². The number of aromatic amines is 1. The topological polar surface area (TPSA) is 99.3 Å². The second-order valence-electron chi connectivity index (χ2n) is 5.35. The van der Waals surface area contributed by atoms with Crippen molar-refractivity contribution in [3.63, 3.8) is 0 Å². The number of pyridine rings is 1. The summed E-state index contributed by atoms with van der Waals surface area (Å²) in [6.45, 7) is 5.74. The van der Waals surface area contributed by atoms with Crippen LogP contribution in [0.3, 0.4) is 0 Å². The van der Waals surface area contributed by atoms with E-state index in [0.29, 0.717) is 18.5 Å². The van der Waals surface area contributed by atoms with E-state index in [1.54, 1.807) is 6.07 Å². The van der Waals surface area contributed by atoms with E-state index in [0.717, 1.165) is 6.42 Å². The van der Waals surface area contributed by atoms with Gasteiger partial charge in [-0.05, 0) is 18.4 Å². The molecule has 6 heteroatoms. The van der Waals surface area contributed by atoms with Crippen LogP contribution in [0, 0.1) is 0 Å². The monoisotopic (exact) mass is 294 g/mol. The summed E-state index contributed by atoms with van der Waals surface area (Å²) in [6, 6.07) is 1.83. The Labute approximate surface area is 123 Å². The zero-order valence-electron chi connectivity index (χ0n) is 12.6. The first-order valence-corrected chi connectivity index (χ1v) is 7.13. The number of carbonyl (C=O) groups is 2. The van der Waals surface area contributed by atoms with E-state index in [1.807, 2.05) is 20.8 Å². The van der Waals surface area contributed by atoms with Crippen LogP contribution in [0.1, 0.15) is 62.0 Å². The minimum absolute atomic E-state index is 0.0702. The van der Waals surface area contributed by atoms with Crippen molar-refractivity contribution in [1.29, 1.82) is 0 Å². The van der Waals surface area contributed by atoms with E-state index in [9.17, 15) is 14.4 Å². The average Bonchev–Trinajstić information content (AvgIpc) is 2.42. The lowest BCUT2D eigenvalue weighted by Crippen LogP contribution is -2.41. The van der Waals surface area contributed by atoms with E-state index in [2.05, 4.69) is 10.3 Å². The van der Waals surface area contributed by atoms with E-state index in [1.165, 1.54) is 6.07 Å². The molecule has 0 saturated carbocycles. The molecule has 1 amide bonds. The third-order valence-corrected chi connectivity index (χ3v) is 3.20. The van der Waals surface area contributed by atoms with Crippen LogP contribution in [0.5, 0.6) is 0 Å². The Bertz CT molecular complexity index is 563. The highest BCUT2D eigenvalue weighted by Gasteiger charge is 2.20. The first-order chi connectivity index (χ1) is 9.85. The van der Waals surface area contributed by atoms with Gasteiger partial charge in [-0.1, -0.05) is 33.6 Å². The third kappa shape index (κ3) is 5.06. The van der Waals surface area contributed by atoms with Crippen molar-refractivity contribution in [2.24, 2.45) is 0 Å². The van der Waals surface area contributed by atoms with Crippen LogP contribution >= 0.6 is 0 Å². The van der Waals surface area contributed by atoms with Crippen molar-refractivity contribution in [3.8, 4) is 0 Å². The highest BCUT2D eigenvalue weighted by molar-refractivity contribution is 5.96. The predicted octanol–water partition coefficient (Wildman–Crippen LogP) is 1.87. The molecular formula is C15H22N2O4. The maximum Gasteiger partial charge on any atom is 0.326 e. The Morgan fingerprint density at radius 3 is 2.52 bits per heavy atom. The van der Waals surface area contributed by atoms with Gasteiger partial charge in [0.2, 0.25) is 5.56 Å². The molecule has 0 spiro atoms. The van der Waals surface area contributed by atoms with Gasteiger partial charge in [0.25, 0.3) is 5.91 Å². The second-order valence-corrected chi connectivity index (χ2v) is 5.35. The molecule has 6 nitrogen and oxygen atoms in total. The molecule has 0 aliphatic rings. The maximum absolute atomic E-state index is 12.1. The lowest BCUT2D eigenvalue weighted by Gasteiger charge is -2.14. The summed E-state index contributed by atoms with van der Waals surface area (Å²) in [6.07, 6.45) is 1.93. The third-order valence-electron chi connectivity index (χ3n) is 3.20. The fourth-order valence-electron chi connectivity index (χ4n) is 1.91. The van der Waals surface area contributed by atoms with Crippen LogP contribution in [-0.4, -0.2) is 28.0 Å². The molecule has 3 N–H and O–H groups in total. The van der Waals surface area contributed by atoms with Crippen LogP contribution in [0.15, 0.2) is 16.9 Å². The van der Waals surface area contributed by atoms with Gasteiger partial charge < -0.3 is 15.4 Å². The Hall–Kier alpha value is -2.11. The van der Waals surface area contributed by atoms with Gasteiger partial charge in [-0.3, -0.25) is 9.59 Å². The number of carbonyl (C=O) groups excluding carboxylic acids is 1. The number of rotatable bonds is 7. The molecule has 0 aliphatic carbocycles. The van der Waals surface area contributed by atoms with Gasteiger partial charge in [-0.2, -0.15) is 0 Å². The number of unbranched alkanes of at least 4 members (excludes halogenated alkanes) is 1. The molecule has 0 radical (unpaired) electrons. The van der Waals surface area contributed by atoms with E-state index < -0.39 is 17.9 Å². The van der Waals surface area contributed by atoms with Crippen molar-refractivity contribution in [3.05, 3.63) is 33.7 Å². The Kier molecular flexibility index (Phi) is 6.14. The number of H-pyrrole nitrogens is 1. The summed E-state index contributed by atoms with van der Waals surface area (Å²) in [4.78, 5) is 37.5. The fourth-order valence-corrected chi connectivity index (χ4v) is 1.91. The van der Waals surface area contributed by atoms with Gasteiger partial charge in [-0.15, -0.1) is 0 Å². The van der Waals surface area contributed by atoms with Gasteiger partial charge in [0.1, 0.15) is 6.04 Å². The molecular weight excluding hydrogens is 272 g/mol. The van der Waals surface area contributed by atoms with Gasteiger partial charge >= 0.3 is 5.97 Å². The number of hydrogen-bond acceptors (Lipinski definition) is 3. The van der Waals surface area contributed by atoms with Crippen molar-refractivity contribution in [2.45, 2.75) is 52.0 Å². The minimum atomic E-state index is -1.06. The van der Waals surface area contributed by atoms with Crippen LogP contribution in [0.4, 0.5) is 0 Å². The molecule has 1 aromatic rings. The first kappa shape index (κ1) is 16.9. The molecule has 116 valence electrons. The number of carboxylic acids is 1. The summed E-state index contributed by atoms with van der Waals surface area (Å²) in [5.74, 6) is -1.53. The minimum Gasteiger partial charge on any atom is -0.480 e. The van der Waals surface area contributed by atoms with Crippen molar-refractivity contribution in [1.82, 2.24) is 10.3 Å². The number of aromatic nitrogens is 1. The molecule has 1 atom stereocenters. The number of hydrogen-bond donors (Lipinski definition) is 3. The number of carboxylic acid groups (broad SMARTS) is 1. The Morgan fingerprint density at radius 1 is 1.33 bits per heavy atom. The molecule has 1 rings (SSSR count). The maximum atomic E-state index is 12.1. The molecule has 1 aromatic heterocycles. The van der Waals surface area contributed by atoms with E-state index >= 15 is 0 Å². The lowest BCUT2D eigenvalue weighted by molar-refractivity contribution is -0.139. The number of amides is 1. The molecule has 1 heterocycles. The normalized spacial score (nSPS) is 12.2. The largest absolute Gasteiger partial charge is 0.480 e. The summed E-state index contributed by atoms with van der Waals surface area (Å²) < 4.78 is 0. The van der Waals surface area contributed by atoms with Crippen molar-refractivity contribution >= 4 is 11.9 Å². The summed E-state index contributed by atoms with van der Waals surface area (Å²) in [7, 11) is 0. The molecule has 0 aromatic carbocycles. The Morgan fingerprint density at radius 2 is 2.00 bits per heavy atom. The van der Waals surface area contributed by atoms with Crippen LogP contribution in [-0.2, 0) is 4.79 Å². The van der Waals surface area contributed by atoms with E-state index in [-0.39, 0.29) is 17.0 Å². The zero-order chi connectivity index (χ0) is 16.0. The molecule has 1 unspecified atom stereocenters. The fraction of sp³-hybridized carbons (Fsp3) is 0.533. The second kappa shape index (κ2) is 7.61. The van der Waals surface area contributed by atoms with Gasteiger partial charge in [0.15, 0.2) is 0 Å². The quantitative estimate of drug-likeness (QED) is 0.714. The average molecular weight is 294 g/mol. The van der Waals surface area contributed by atoms with Crippen LogP contribution in [0.2, 0.25) is 0 Å². The zero-order valence-corrected chi connectivity index (χ0v) is 12.6. The Balaban J connectivity index is 2.92. The predicted molar refractivity (Wildman–Crippen MR) is 79.6 cm³/mol. The lowest BCUT2D eigenvalue weighted by atomic mass is 10.1. The summed E-state index contributed by atoms with van der Waals surface area (Å²) in [5, 5.41) is 11.6. The molecule has 0 aliphatic heterocycles. The summed E-state index contributed by atoms with van der Waals surface area (Å²) >= 11 is 0. The smallest absolute Gasteiger partial charge is 0.326 e. The molecule has 0 bridgehead atoms. The van der Waals surface area contributed by atoms with Crippen LogP contribution in [0.25, 0.3) is 0 Å². The molecule has 0 saturated heterocycles. The standard InChI is InChI=1S/C15H22N2O4/c1-4-5-6-11(15(20)21)17-14(19)10-7-12(9(2)3)16-13(18)8-10/h7-9,11H,4-6H2,1-3H3,(H,16,18)(H,17,19)(H,20,21). The van der Waals surface area contributed by atoms with Crippen molar-refractivity contribution in [2.75, 3.05) is 0 Å². The number of nitrogens with one attached hydrogen (secondary N) is 2. The SMILES string of the molecule is CCCCC(NC(=O)c1cc(C(C)C)[nH]c(=O)c1)C(=O)O. The summed E-state index contributed by atoms with van der Waals surface area (Å²) in [5.41, 5.74) is 0.463. The highest BCUT2D eigenvalue weighted by Crippen LogP contribution is 2.11.